The van der Waals surface area contributed by atoms with Crippen LogP contribution in [0, 0.1) is 5.92 Å². The first kappa shape index (κ1) is 14.4. The van der Waals surface area contributed by atoms with Crippen molar-refractivity contribution in [2.24, 2.45) is 11.7 Å². The molecule has 0 aliphatic carbocycles. The second-order valence-electron chi connectivity index (χ2n) is 5.37. The van der Waals surface area contributed by atoms with Crippen molar-refractivity contribution in [1.29, 1.82) is 0 Å². The highest BCUT2D eigenvalue weighted by molar-refractivity contribution is 5.80. The van der Waals surface area contributed by atoms with Crippen molar-refractivity contribution in [2.75, 3.05) is 18.8 Å². The van der Waals surface area contributed by atoms with E-state index in [1.165, 1.54) is 0 Å². The Morgan fingerprint density at radius 2 is 1.85 bits per heavy atom. The Hall–Kier alpha value is -2.04. The van der Waals surface area contributed by atoms with E-state index in [9.17, 15) is 9.59 Å². The molecule has 1 aliphatic heterocycles. The third-order valence-electron chi connectivity index (χ3n) is 3.85. The first-order valence-corrected chi connectivity index (χ1v) is 6.95. The lowest BCUT2D eigenvalue weighted by Crippen LogP contribution is -2.40. The van der Waals surface area contributed by atoms with Crippen LogP contribution in [0.2, 0.25) is 0 Å². The minimum absolute atomic E-state index is 0.0976. The van der Waals surface area contributed by atoms with Crippen LogP contribution in [0.25, 0.3) is 0 Å². The number of rotatable bonds is 4. The Morgan fingerprint density at radius 1 is 1.20 bits per heavy atom. The Balaban J connectivity index is 1.86. The third-order valence-corrected chi connectivity index (χ3v) is 3.85. The molecule has 1 aliphatic rings. The maximum atomic E-state index is 12.2. The summed E-state index contributed by atoms with van der Waals surface area (Å²) in [6.45, 7) is 1.40. The molecule has 1 saturated heterocycles. The number of hydrogen-bond acceptors (Lipinski definition) is 3. The van der Waals surface area contributed by atoms with Gasteiger partial charge in [-0.15, -0.1) is 0 Å². The van der Waals surface area contributed by atoms with Gasteiger partial charge in [-0.3, -0.25) is 9.59 Å². The van der Waals surface area contributed by atoms with Crippen molar-refractivity contribution in [2.45, 2.75) is 25.7 Å². The Labute approximate surface area is 118 Å². The summed E-state index contributed by atoms with van der Waals surface area (Å²) in [4.78, 5) is 25.0. The minimum atomic E-state index is -0.258. The van der Waals surface area contributed by atoms with Crippen molar-refractivity contribution in [3.05, 3.63) is 29.8 Å². The fourth-order valence-electron chi connectivity index (χ4n) is 2.64. The van der Waals surface area contributed by atoms with Crippen LogP contribution in [0.4, 0.5) is 5.69 Å². The molecule has 0 spiro atoms. The molecule has 0 bridgehead atoms. The summed E-state index contributed by atoms with van der Waals surface area (Å²) in [6, 6.07) is 7.44. The lowest BCUT2D eigenvalue weighted by atomic mass is 9.93. The molecule has 5 nitrogen and oxygen atoms in total. The Kier molecular flexibility index (Phi) is 4.61. The van der Waals surface area contributed by atoms with Crippen LogP contribution in [0.1, 0.15) is 24.8 Å². The van der Waals surface area contributed by atoms with Gasteiger partial charge in [-0.1, -0.05) is 18.2 Å². The number of anilines is 1. The van der Waals surface area contributed by atoms with E-state index >= 15 is 0 Å². The van der Waals surface area contributed by atoms with Crippen LogP contribution in [-0.2, 0) is 16.0 Å². The summed E-state index contributed by atoms with van der Waals surface area (Å²) in [5, 5.41) is 0. The van der Waals surface area contributed by atoms with E-state index in [1.54, 1.807) is 0 Å². The second kappa shape index (κ2) is 6.41. The predicted octanol–water partition coefficient (Wildman–Crippen LogP) is 0.925. The summed E-state index contributed by atoms with van der Waals surface area (Å²) < 4.78 is 0. The first-order chi connectivity index (χ1) is 9.56. The number of piperidine rings is 1. The molecule has 2 rings (SSSR count). The largest absolute Gasteiger partial charge is 0.398 e. The molecule has 20 heavy (non-hydrogen) atoms. The fourth-order valence-corrected chi connectivity index (χ4v) is 2.64. The smallest absolute Gasteiger partial charge is 0.227 e. The number of likely N-dealkylation sites (tertiary alicyclic amines) is 1. The molecule has 108 valence electrons. The summed E-state index contributed by atoms with van der Waals surface area (Å²) >= 11 is 0. The molecule has 0 radical (unpaired) electrons. The van der Waals surface area contributed by atoms with E-state index in [4.69, 9.17) is 11.5 Å². The van der Waals surface area contributed by atoms with Gasteiger partial charge in [-0.05, 0) is 30.4 Å². The van der Waals surface area contributed by atoms with Crippen LogP contribution in [-0.4, -0.2) is 29.8 Å². The molecular weight excluding hydrogens is 254 g/mol. The van der Waals surface area contributed by atoms with Crippen LogP contribution in [0.5, 0.6) is 0 Å². The first-order valence-electron chi connectivity index (χ1n) is 6.95. The monoisotopic (exact) mass is 275 g/mol. The number of nitrogens with zero attached hydrogens (tertiary/aromatic N) is 1. The quantitative estimate of drug-likeness (QED) is 0.801. The summed E-state index contributed by atoms with van der Waals surface area (Å²) in [5.74, 6) is 0.158. The normalized spacial score (nSPS) is 16.1. The number of benzene rings is 1. The number of nitrogen functional groups attached to an aromatic ring is 1. The molecule has 1 heterocycles. The zero-order chi connectivity index (χ0) is 14.5. The topological polar surface area (TPSA) is 89.4 Å². The van der Waals surface area contributed by atoms with E-state index in [1.807, 2.05) is 29.2 Å². The minimum Gasteiger partial charge on any atom is -0.398 e. The molecule has 1 aromatic carbocycles. The van der Waals surface area contributed by atoms with E-state index < -0.39 is 0 Å². The van der Waals surface area contributed by atoms with Gasteiger partial charge in [0.1, 0.15) is 0 Å². The van der Waals surface area contributed by atoms with Crippen LogP contribution in [0.15, 0.2) is 24.3 Å². The molecule has 5 heteroatoms. The number of amides is 2. The molecule has 4 N–H and O–H groups in total. The van der Waals surface area contributed by atoms with Crippen molar-refractivity contribution in [3.63, 3.8) is 0 Å². The Morgan fingerprint density at radius 3 is 2.45 bits per heavy atom. The molecule has 0 saturated carbocycles. The third kappa shape index (κ3) is 3.73. The molecule has 0 unspecified atom stereocenters. The zero-order valence-corrected chi connectivity index (χ0v) is 11.5. The lowest BCUT2D eigenvalue weighted by molar-refractivity contribution is -0.131. The zero-order valence-electron chi connectivity index (χ0n) is 11.5. The lowest BCUT2D eigenvalue weighted by Gasteiger charge is -2.31. The predicted molar refractivity (Wildman–Crippen MR) is 77.7 cm³/mol. The van der Waals surface area contributed by atoms with Gasteiger partial charge < -0.3 is 16.4 Å². The molecular formula is C15H21N3O2. The summed E-state index contributed by atoms with van der Waals surface area (Å²) in [7, 11) is 0. The number of para-hydroxylation sites is 1. The molecule has 2 amide bonds. The standard InChI is InChI=1S/C15H21N3O2/c16-13-4-2-1-3-12(13)10-15(20)18-7-5-11(6-8-18)9-14(17)19/h1-4,11H,5-10,16H2,(H2,17,19). The van der Waals surface area contributed by atoms with Crippen molar-refractivity contribution >= 4 is 17.5 Å². The van der Waals surface area contributed by atoms with Gasteiger partial charge >= 0.3 is 0 Å². The maximum absolute atomic E-state index is 12.2. The number of carbonyl (C=O) groups excluding carboxylic acids is 2. The highest BCUT2D eigenvalue weighted by Crippen LogP contribution is 2.21. The molecule has 1 aromatic rings. The molecule has 0 atom stereocenters. The van der Waals surface area contributed by atoms with Crippen molar-refractivity contribution in [1.82, 2.24) is 4.90 Å². The van der Waals surface area contributed by atoms with E-state index in [0.717, 1.165) is 18.4 Å². The fraction of sp³-hybridized carbons (Fsp3) is 0.467. The van der Waals surface area contributed by atoms with E-state index in [-0.39, 0.29) is 11.8 Å². The van der Waals surface area contributed by atoms with Gasteiger partial charge in [0.05, 0.1) is 6.42 Å². The van der Waals surface area contributed by atoms with Crippen LogP contribution >= 0.6 is 0 Å². The molecule has 0 aromatic heterocycles. The highest BCUT2D eigenvalue weighted by Gasteiger charge is 2.24. The van der Waals surface area contributed by atoms with Gasteiger partial charge in [0, 0.05) is 25.2 Å². The average molecular weight is 275 g/mol. The van der Waals surface area contributed by atoms with Gasteiger partial charge in [0.25, 0.3) is 0 Å². The summed E-state index contributed by atoms with van der Waals surface area (Å²) in [6.07, 6.45) is 2.46. The van der Waals surface area contributed by atoms with Crippen LogP contribution in [0.3, 0.4) is 0 Å². The average Bonchev–Trinajstić information content (AvgIpc) is 2.41. The van der Waals surface area contributed by atoms with Gasteiger partial charge in [-0.25, -0.2) is 0 Å². The van der Waals surface area contributed by atoms with Gasteiger partial charge in [0.15, 0.2) is 0 Å². The van der Waals surface area contributed by atoms with Gasteiger partial charge in [0.2, 0.25) is 11.8 Å². The SMILES string of the molecule is NC(=O)CC1CCN(C(=O)Cc2ccccc2N)CC1. The molecule has 1 fully saturated rings. The number of carbonyl (C=O) groups is 2. The van der Waals surface area contributed by atoms with E-state index in [2.05, 4.69) is 0 Å². The number of hydrogen-bond donors (Lipinski definition) is 2. The van der Waals surface area contributed by atoms with Crippen molar-refractivity contribution in [3.8, 4) is 0 Å². The number of primary amides is 1. The number of nitrogens with two attached hydrogens (primary N) is 2. The highest BCUT2D eigenvalue weighted by atomic mass is 16.2. The van der Waals surface area contributed by atoms with Crippen LogP contribution < -0.4 is 11.5 Å². The van der Waals surface area contributed by atoms with Gasteiger partial charge in [-0.2, -0.15) is 0 Å². The maximum Gasteiger partial charge on any atom is 0.227 e. The van der Waals surface area contributed by atoms with E-state index in [0.29, 0.717) is 37.5 Å². The second-order valence-corrected chi connectivity index (χ2v) is 5.37. The van der Waals surface area contributed by atoms with Crippen molar-refractivity contribution < 1.29 is 9.59 Å². The Bertz CT molecular complexity index is 494. The summed E-state index contributed by atoms with van der Waals surface area (Å²) in [5.41, 5.74) is 12.6.